The molecule has 1 aromatic carbocycles. The van der Waals surface area contributed by atoms with Crippen LogP contribution in [-0.4, -0.2) is 17.5 Å². The quantitative estimate of drug-likeness (QED) is 0.659. The van der Waals surface area contributed by atoms with E-state index in [4.69, 9.17) is 16.3 Å². The molecular weight excluding hydrogens is 310 g/mol. The summed E-state index contributed by atoms with van der Waals surface area (Å²) in [4.78, 5) is 11.8. The average molecular weight is 328 g/mol. The van der Waals surface area contributed by atoms with Gasteiger partial charge in [0.25, 0.3) is 0 Å². The van der Waals surface area contributed by atoms with Gasteiger partial charge in [-0.2, -0.15) is 0 Å². The maximum absolute atomic E-state index is 11.8. The predicted molar refractivity (Wildman–Crippen MR) is 92.4 cm³/mol. The van der Waals surface area contributed by atoms with Crippen LogP contribution in [0.1, 0.15) is 34.1 Å². The predicted octanol–water partition coefficient (Wildman–Crippen LogP) is 4.53. The summed E-state index contributed by atoms with van der Waals surface area (Å²) < 4.78 is 6.89. The number of aromatic nitrogens is 1. The molecule has 0 spiro atoms. The van der Waals surface area contributed by atoms with Gasteiger partial charge in [-0.1, -0.05) is 36.7 Å². The third-order valence-electron chi connectivity index (χ3n) is 4.08. The summed E-state index contributed by atoms with van der Waals surface area (Å²) in [6.07, 6.45) is 3.49. The maximum atomic E-state index is 11.8. The summed E-state index contributed by atoms with van der Waals surface area (Å²) in [7, 11) is 1.39. The van der Waals surface area contributed by atoms with Crippen molar-refractivity contribution >= 4 is 23.1 Å². The molecule has 2 aromatic heterocycles. The molecular formula is C19H18ClNO2. The van der Waals surface area contributed by atoms with E-state index in [1.807, 2.05) is 36.5 Å². The first kappa shape index (κ1) is 15.6. The second-order valence-electron chi connectivity index (χ2n) is 5.44. The Morgan fingerprint density at radius 1 is 1.17 bits per heavy atom. The zero-order valence-electron chi connectivity index (χ0n) is 13.2. The van der Waals surface area contributed by atoms with Crippen molar-refractivity contribution in [3.8, 4) is 0 Å². The van der Waals surface area contributed by atoms with Crippen molar-refractivity contribution < 1.29 is 9.53 Å². The second-order valence-corrected chi connectivity index (χ2v) is 5.85. The Morgan fingerprint density at radius 3 is 2.65 bits per heavy atom. The van der Waals surface area contributed by atoms with Crippen LogP contribution in [0, 0.1) is 0 Å². The SMILES string of the molecule is CCc1cc2ccc(C(=O)OC)cn2c1Cc1ccccc1Cl. The molecule has 0 aliphatic rings. The van der Waals surface area contributed by atoms with Crippen LogP contribution in [0.4, 0.5) is 0 Å². The van der Waals surface area contributed by atoms with Crippen LogP contribution in [0.25, 0.3) is 5.52 Å². The number of ether oxygens (including phenoxy) is 1. The van der Waals surface area contributed by atoms with Crippen molar-refractivity contribution in [3.63, 3.8) is 0 Å². The number of hydrogen-bond donors (Lipinski definition) is 0. The van der Waals surface area contributed by atoms with Gasteiger partial charge in [0.05, 0.1) is 12.7 Å². The monoisotopic (exact) mass is 327 g/mol. The molecule has 23 heavy (non-hydrogen) atoms. The van der Waals surface area contributed by atoms with Crippen molar-refractivity contribution in [2.75, 3.05) is 7.11 Å². The Morgan fingerprint density at radius 2 is 1.96 bits per heavy atom. The van der Waals surface area contributed by atoms with Crippen molar-refractivity contribution in [2.24, 2.45) is 0 Å². The van der Waals surface area contributed by atoms with Gasteiger partial charge in [-0.3, -0.25) is 0 Å². The lowest BCUT2D eigenvalue weighted by molar-refractivity contribution is 0.0600. The number of halogens is 1. The minimum Gasteiger partial charge on any atom is -0.465 e. The van der Waals surface area contributed by atoms with Gasteiger partial charge < -0.3 is 9.14 Å². The summed E-state index contributed by atoms with van der Waals surface area (Å²) in [6.45, 7) is 2.13. The van der Waals surface area contributed by atoms with E-state index < -0.39 is 0 Å². The van der Waals surface area contributed by atoms with E-state index in [0.29, 0.717) is 5.56 Å². The lowest BCUT2D eigenvalue weighted by Gasteiger charge is -2.09. The van der Waals surface area contributed by atoms with E-state index in [2.05, 4.69) is 17.4 Å². The molecule has 0 bridgehead atoms. The molecule has 3 nitrogen and oxygen atoms in total. The first-order chi connectivity index (χ1) is 11.1. The van der Waals surface area contributed by atoms with E-state index in [9.17, 15) is 4.79 Å². The smallest absolute Gasteiger partial charge is 0.339 e. The lowest BCUT2D eigenvalue weighted by Crippen LogP contribution is -2.04. The normalized spacial score (nSPS) is 10.9. The van der Waals surface area contributed by atoms with E-state index in [-0.39, 0.29) is 5.97 Å². The Hall–Kier alpha value is -2.26. The zero-order valence-corrected chi connectivity index (χ0v) is 13.9. The molecule has 0 N–H and O–H groups in total. The van der Waals surface area contributed by atoms with Crippen molar-refractivity contribution in [3.05, 3.63) is 76.1 Å². The zero-order chi connectivity index (χ0) is 16.4. The molecule has 0 aliphatic heterocycles. The fourth-order valence-corrected chi connectivity index (χ4v) is 3.05. The minimum atomic E-state index is -0.331. The maximum Gasteiger partial charge on any atom is 0.339 e. The molecule has 3 rings (SSSR count). The third kappa shape index (κ3) is 2.97. The molecule has 0 fully saturated rings. The number of hydrogen-bond acceptors (Lipinski definition) is 2. The molecule has 0 saturated heterocycles. The summed E-state index contributed by atoms with van der Waals surface area (Å²) in [5, 5.41) is 0.758. The largest absolute Gasteiger partial charge is 0.465 e. The number of benzene rings is 1. The molecule has 0 radical (unpaired) electrons. The van der Waals surface area contributed by atoms with Gasteiger partial charge in [-0.25, -0.2) is 4.79 Å². The number of rotatable bonds is 4. The number of carbonyl (C=O) groups is 1. The second kappa shape index (κ2) is 6.47. The molecule has 0 saturated carbocycles. The molecule has 0 amide bonds. The summed E-state index contributed by atoms with van der Waals surface area (Å²) >= 11 is 6.31. The highest BCUT2D eigenvalue weighted by Crippen LogP contribution is 2.25. The topological polar surface area (TPSA) is 30.7 Å². The van der Waals surface area contributed by atoms with Crippen LogP contribution in [0.5, 0.6) is 0 Å². The van der Waals surface area contributed by atoms with Gasteiger partial charge in [0.15, 0.2) is 0 Å². The fourth-order valence-electron chi connectivity index (χ4n) is 2.85. The standard InChI is InChI=1S/C19H18ClNO2/c1-3-13-10-16-9-8-15(19(22)23-2)12-21(16)18(13)11-14-6-4-5-7-17(14)20/h4-10,12H,3,11H2,1-2H3. The molecule has 0 aliphatic carbocycles. The highest BCUT2D eigenvalue weighted by atomic mass is 35.5. The van der Waals surface area contributed by atoms with E-state index >= 15 is 0 Å². The summed E-state index contributed by atoms with van der Waals surface area (Å²) in [6, 6.07) is 13.7. The Balaban J connectivity index is 2.13. The summed E-state index contributed by atoms with van der Waals surface area (Å²) in [5.74, 6) is -0.331. The molecule has 2 heterocycles. The van der Waals surface area contributed by atoms with Crippen LogP contribution < -0.4 is 0 Å². The number of fused-ring (bicyclic) bond motifs is 1. The molecule has 3 aromatic rings. The number of carbonyl (C=O) groups excluding carboxylic acids is 1. The number of esters is 1. The van der Waals surface area contributed by atoms with Crippen molar-refractivity contribution in [1.82, 2.24) is 4.40 Å². The van der Waals surface area contributed by atoms with Gasteiger partial charge in [0.1, 0.15) is 0 Å². The van der Waals surface area contributed by atoms with Gasteiger partial charge in [0, 0.05) is 28.9 Å². The minimum absolute atomic E-state index is 0.331. The van der Waals surface area contributed by atoms with Gasteiger partial charge in [-0.15, -0.1) is 0 Å². The summed E-state index contributed by atoms with van der Waals surface area (Å²) in [5.41, 5.74) is 5.09. The average Bonchev–Trinajstić information content (AvgIpc) is 2.93. The molecule has 0 atom stereocenters. The Bertz CT molecular complexity index is 867. The Labute approximate surface area is 140 Å². The van der Waals surface area contributed by atoms with E-state index in [1.165, 1.54) is 12.7 Å². The van der Waals surface area contributed by atoms with Crippen molar-refractivity contribution in [1.29, 1.82) is 0 Å². The van der Waals surface area contributed by atoms with E-state index in [1.54, 1.807) is 6.07 Å². The number of nitrogens with zero attached hydrogens (tertiary/aromatic N) is 1. The van der Waals surface area contributed by atoms with Crippen LogP contribution >= 0.6 is 11.6 Å². The lowest BCUT2D eigenvalue weighted by atomic mass is 10.1. The molecule has 0 unspecified atom stereocenters. The third-order valence-corrected chi connectivity index (χ3v) is 4.45. The van der Waals surface area contributed by atoms with Gasteiger partial charge in [0.2, 0.25) is 0 Å². The fraction of sp³-hybridized carbons (Fsp3) is 0.211. The van der Waals surface area contributed by atoms with Crippen LogP contribution in [0.3, 0.4) is 0 Å². The first-order valence-corrected chi connectivity index (χ1v) is 7.96. The molecule has 4 heteroatoms. The number of aryl methyl sites for hydroxylation is 1. The first-order valence-electron chi connectivity index (χ1n) is 7.58. The van der Waals surface area contributed by atoms with Crippen LogP contribution in [0.2, 0.25) is 5.02 Å². The van der Waals surface area contributed by atoms with Crippen LogP contribution in [-0.2, 0) is 17.6 Å². The van der Waals surface area contributed by atoms with E-state index in [0.717, 1.165) is 34.6 Å². The molecule has 118 valence electrons. The number of pyridine rings is 1. The van der Waals surface area contributed by atoms with Crippen molar-refractivity contribution in [2.45, 2.75) is 19.8 Å². The van der Waals surface area contributed by atoms with Gasteiger partial charge in [-0.05, 0) is 41.8 Å². The highest BCUT2D eigenvalue weighted by molar-refractivity contribution is 6.31. The Kier molecular flexibility index (Phi) is 4.39. The highest BCUT2D eigenvalue weighted by Gasteiger charge is 2.13. The van der Waals surface area contributed by atoms with Gasteiger partial charge >= 0.3 is 5.97 Å². The van der Waals surface area contributed by atoms with Crippen LogP contribution in [0.15, 0.2) is 48.7 Å². The number of methoxy groups -OCH3 is 1.